The van der Waals surface area contributed by atoms with E-state index in [0.717, 1.165) is 35.8 Å². The molecule has 1 amide bonds. The van der Waals surface area contributed by atoms with Gasteiger partial charge in [0, 0.05) is 24.6 Å². The lowest BCUT2D eigenvalue weighted by atomic mass is 10.1. The molecule has 1 fully saturated rings. The first-order chi connectivity index (χ1) is 15.0. The molecule has 0 bridgehead atoms. The molecule has 1 aromatic carbocycles. The monoisotopic (exact) mass is 437 g/mol. The summed E-state index contributed by atoms with van der Waals surface area (Å²) in [7, 11) is 0. The van der Waals surface area contributed by atoms with Gasteiger partial charge in [0.15, 0.2) is 5.13 Å². The van der Waals surface area contributed by atoms with E-state index in [2.05, 4.69) is 15.3 Å². The quantitative estimate of drug-likeness (QED) is 0.603. The Morgan fingerprint density at radius 1 is 1.13 bits per heavy atom. The van der Waals surface area contributed by atoms with Gasteiger partial charge in [-0.2, -0.15) is 5.10 Å². The highest BCUT2D eigenvalue weighted by Crippen LogP contribution is 2.38. The van der Waals surface area contributed by atoms with Crippen LogP contribution in [0.2, 0.25) is 0 Å². The third kappa shape index (κ3) is 5.08. The Bertz CT molecular complexity index is 1100. The fourth-order valence-electron chi connectivity index (χ4n) is 3.70. The van der Waals surface area contributed by atoms with Crippen molar-refractivity contribution in [1.82, 2.24) is 19.7 Å². The van der Waals surface area contributed by atoms with Crippen molar-refractivity contribution < 1.29 is 4.79 Å². The largest absolute Gasteiger partial charge is 0.303 e. The summed E-state index contributed by atoms with van der Waals surface area (Å²) in [6.45, 7) is 6.77. The van der Waals surface area contributed by atoms with E-state index in [4.69, 9.17) is 4.98 Å². The van der Waals surface area contributed by atoms with Gasteiger partial charge in [-0.25, -0.2) is 9.67 Å². The number of aromatic nitrogens is 3. The van der Waals surface area contributed by atoms with Crippen molar-refractivity contribution in [3.8, 4) is 21.8 Å². The van der Waals surface area contributed by atoms with Crippen LogP contribution in [0.15, 0.2) is 47.3 Å². The van der Waals surface area contributed by atoms with Gasteiger partial charge >= 0.3 is 0 Å². The molecule has 7 nitrogen and oxygen atoms in total. The Labute approximate surface area is 185 Å². The number of thiazole rings is 1. The number of carbonyl (C=O) groups is 1. The normalized spacial score (nSPS) is 14.3. The first-order valence-electron chi connectivity index (χ1n) is 10.7. The average molecular weight is 438 g/mol. The Hall–Kier alpha value is -2.84. The van der Waals surface area contributed by atoms with Crippen molar-refractivity contribution in [3.63, 3.8) is 0 Å². The molecule has 3 heterocycles. The Morgan fingerprint density at radius 3 is 2.58 bits per heavy atom. The molecule has 3 aromatic rings. The van der Waals surface area contributed by atoms with E-state index in [0.29, 0.717) is 17.2 Å². The van der Waals surface area contributed by atoms with Crippen molar-refractivity contribution in [2.45, 2.75) is 39.2 Å². The summed E-state index contributed by atoms with van der Waals surface area (Å²) in [6.07, 6.45) is 2.87. The molecule has 0 unspecified atom stereocenters. The highest BCUT2D eigenvalue weighted by Gasteiger charge is 2.19. The van der Waals surface area contributed by atoms with E-state index in [-0.39, 0.29) is 17.5 Å². The maximum atomic E-state index is 12.5. The van der Waals surface area contributed by atoms with E-state index >= 15 is 0 Å². The predicted molar refractivity (Wildman–Crippen MR) is 124 cm³/mol. The molecule has 1 aliphatic heterocycles. The third-order valence-corrected chi connectivity index (χ3v) is 6.31. The molecule has 0 saturated carbocycles. The first-order valence-corrected chi connectivity index (χ1v) is 11.5. The number of rotatable bonds is 7. The minimum Gasteiger partial charge on any atom is -0.303 e. The maximum absolute atomic E-state index is 12.5. The number of benzene rings is 1. The lowest BCUT2D eigenvalue weighted by Crippen LogP contribution is -2.25. The zero-order valence-corrected chi connectivity index (χ0v) is 18.7. The van der Waals surface area contributed by atoms with Crippen LogP contribution in [0.4, 0.5) is 5.13 Å². The molecule has 8 heteroatoms. The molecule has 2 aromatic heterocycles. The van der Waals surface area contributed by atoms with Gasteiger partial charge in [-0.1, -0.05) is 41.7 Å². The van der Waals surface area contributed by atoms with E-state index in [9.17, 15) is 9.59 Å². The first kappa shape index (κ1) is 21.4. The van der Waals surface area contributed by atoms with Gasteiger partial charge in [-0.3, -0.25) is 9.59 Å². The van der Waals surface area contributed by atoms with Crippen LogP contribution in [0.25, 0.3) is 21.8 Å². The molecule has 4 rings (SSSR count). The Balaban J connectivity index is 1.63. The number of anilines is 1. The minimum absolute atomic E-state index is 0.0353. The number of hydrogen-bond donors (Lipinski definition) is 1. The van der Waals surface area contributed by atoms with Crippen LogP contribution in [0, 0.1) is 0 Å². The molecule has 0 atom stereocenters. The van der Waals surface area contributed by atoms with E-state index in [1.807, 2.05) is 44.2 Å². The maximum Gasteiger partial charge on any atom is 0.267 e. The smallest absolute Gasteiger partial charge is 0.267 e. The Morgan fingerprint density at radius 2 is 1.87 bits per heavy atom. The lowest BCUT2D eigenvalue weighted by molar-refractivity contribution is -0.116. The molecule has 31 heavy (non-hydrogen) atoms. The molecular weight excluding hydrogens is 410 g/mol. The van der Waals surface area contributed by atoms with Gasteiger partial charge in [0.05, 0.1) is 16.6 Å². The summed E-state index contributed by atoms with van der Waals surface area (Å²) in [5.74, 6) is -0.0353. The summed E-state index contributed by atoms with van der Waals surface area (Å²) >= 11 is 1.39. The number of likely N-dealkylation sites (tertiary alicyclic amines) is 1. The fraction of sp³-hybridized carbons (Fsp3) is 0.391. The van der Waals surface area contributed by atoms with E-state index < -0.39 is 0 Å². The lowest BCUT2D eigenvalue weighted by Gasteiger charge is -2.13. The van der Waals surface area contributed by atoms with Gasteiger partial charge in [-0.15, -0.1) is 0 Å². The van der Waals surface area contributed by atoms with Crippen LogP contribution in [0.3, 0.4) is 0 Å². The number of hydrogen-bond acceptors (Lipinski definition) is 6. The van der Waals surface area contributed by atoms with E-state index in [1.54, 1.807) is 6.07 Å². The van der Waals surface area contributed by atoms with Crippen LogP contribution >= 0.6 is 11.3 Å². The molecule has 162 valence electrons. The predicted octanol–water partition coefficient (Wildman–Crippen LogP) is 4.04. The van der Waals surface area contributed by atoms with Crippen LogP contribution in [0.1, 0.15) is 39.2 Å². The highest BCUT2D eigenvalue weighted by molar-refractivity contribution is 7.19. The molecule has 0 aliphatic carbocycles. The van der Waals surface area contributed by atoms with Crippen molar-refractivity contribution in [3.05, 3.63) is 52.8 Å². The van der Waals surface area contributed by atoms with Crippen molar-refractivity contribution in [2.24, 2.45) is 0 Å². The molecular formula is C23H27N5O2S. The van der Waals surface area contributed by atoms with Gasteiger partial charge in [0.1, 0.15) is 5.69 Å². The molecule has 1 aliphatic rings. The number of nitrogens with one attached hydrogen (secondary N) is 1. The Kier molecular flexibility index (Phi) is 6.58. The minimum atomic E-state index is -0.139. The average Bonchev–Trinajstić information content (AvgIpc) is 3.43. The number of amides is 1. The van der Waals surface area contributed by atoms with E-state index in [1.165, 1.54) is 34.9 Å². The fourth-order valence-corrected chi connectivity index (χ4v) is 4.67. The highest BCUT2D eigenvalue weighted by atomic mass is 32.1. The molecule has 1 N–H and O–H groups in total. The van der Waals surface area contributed by atoms with Crippen LogP contribution in [-0.4, -0.2) is 45.2 Å². The summed E-state index contributed by atoms with van der Waals surface area (Å²) in [4.78, 5) is 32.5. The van der Waals surface area contributed by atoms with Gasteiger partial charge in [-0.05, 0) is 45.8 Å². The summed E-state index contributed by atoms with van der Waals surface area (Å²) in [5.41, 5.74) is 2.22. The molecule has 0 spiro atoms. The van der Waals surface area contributed by atoms with Crippen LogP contribution < -0.4 is 10.9 Å². The second-order valence-electron chi connectivity index (χ2n) is 8.00. The number of nitrogens with zero attached hydrogens (tertiary/aromatic N) is 4. The standard InChI is InChI=1S/C23H27N5O2S/c1-16(2)28-20(30)11-10-18(26-28)22-21(17-8-4-3-5-9-17)25-23(31-22)24-19(29)12-15-27-13-6-7-14-27/h3-5,8-11,16H,6-7,12-15H2,1-2H3,(H,24,25,29). The second-order valence-corrected chi connectivity index (χ2v) is 9.00. The van der Waals surface area contributed by atoms with Crippen LogP contribution in [0.5, 0.6) is 0 Å². The molecule has 0 radical (unpaired) electrons. The van der Waals surface area contributed by atoms with Crippen molar-refractivity contribution in [2.75, 3.05) is 25.0 Å². The molecule has 1 saturated heterocycles. The van der Waals surface area contributed by atoms with Crippen molar-refractivity contribution in [1.29, 1.82) is 0 Å². The third-order valence-electron chi connectivity index (χ3n) is 5.32. The zero-order valence-electron chi connectivity index (χ0n) is 17.9. The summed E-state index contributed by atoms with van der Waals surface area (Å²) in [5, 5.41) is 8.07. The summed E-state index contributed by atoms with van der Waals surface area (Å²) in [6, 6.07) is 13.0. The van der Waals surface area contributed by atoms with Gasteiger partial charge < -0.3 is 10.2 Å². The number of carbonyl (C=O) groups excluding carboxylic acids is 1. The second kappa shape index (κ2) is 9.53. The zero-order chi connectivity index (χ0) is 21.8. The summed E-state index contributed by atoms with van der Waals surface area (Å²) < 4.78 is 1.47. The van der Waals surface area contributed by atoms with Crippen molar-refractivity contribution >= 4 is 22.4 Å². The SMILES string of the molecule is CC(C)n1nc(-c2sc(NC(=O)CCN3CCCC3)nc2-c2ccccc2)ccc1=O. The topological polar surface area (TPSA) is 80.1 Å². The van der Waals surface area contributed by atoms with Crippen LogP contribution in [-0.2, 0) is 4.79 Å². The van der Waals surface area contributed by atoms with Gasteiger partial charge in [0.25, 0.3) is 5.56 Å². The van der Waals surface area contributed by atoms with Gasteiger partial charge in [0.2, 0.25) is 5.91 Å².